The second-order valence-corrected chi connectivity index (χ2v) is 6.81. The summed E-state index contributed by atoms with van der Waals surface area (Å²) in [5, 5.41) is 3.54. The molecule has 0 aromatic heterocycles. The first-order valence-electron chi connectivity index (χ1n) is 8.32. The topological polar surface area (TPSA) is 32.3 Å². The van der Waals surface area contributed by atoms with Gasteiger partial charge >= 0.3 is 0 Å². The molecule has 3 aliphatic rings. The van der Waals surface area contributed by atoms with Gasteiger partial charge in [-0.05, 0) is 51.4 Å². The quantitative estimate of drug-likeness (QED) is 0.846. The standard InChI is InChI=1S/C16H28N2O/c1-12(13-6-3-2-4-7-13)18-11-5-8-15(16(18)19)17-14-9-10-14/h12-15,17H,2-11H2,1H3. The average Bonchev–Trinajstić information content (AvgIpc) is 3.25. The summed E-state index contributed by atoms with van der Waals surface area (Å²) >= 11 is 0. The van der Waals surface area contributed by atoms with Gasteiger partial charge in [0.1, 0.15) is 0 Å². The van der Waals surface area contributed by atoms with Gasteiger partial charge in [-0.1, -0.05) is 19.3 Å². The average molecular weight is 264 g/mol. The first kappa shape index (κ1) is 13.4. The molecular weight excluding hydrogens is 236 g/mol. The number of nitrogens with one attached hydrogen (secondary N) is 1. The van der Waals surface area contributed by atoms with Gasteiger partial charge in [0.2, 0.25) is 5.91 Å². The fourth-order valence-electron chi connectivity index (χ4n) is 3.86. The molecule has 0 spiro atoms. The van der Waals surface area contributed by atoms with E-state index in [9.17, 15) is 4.79 Å². The van der Waals surface area contributed by atoms with Gasteiger partial charge in [0.15, 0.2) is 0 Å². The molecule has 2 atom stereocenters. The lowest BCUT2D eigenvalue weighted by atomic mass is 9.83. The molecule has 1 amide bonds. The van der Waals surface area contributed by atoms with E-state index in [0.29, 0.717) is 18.0 Å². The Morgan fingerprint density at radius 3 is 2.47 bits per heavy atom. The van der Waals surface area contributed by atoms with E-state index in [1.807, 2.05) is 0 Å². The van der Waals surface area contributed by atoms with Crippen molar-refractivity contribution in [1.29, 1.82) is 0 Å². The molecular formula is C16H28N2O. The van der Waals surface area contributed by atoms with Crippen molar-refractivity contribution in [2.24, 2.45) is 5.92 Å². The van der Waals surface area contributed by atoms with Crippen molar-refractivity contribution >= 4 is 5.91 Å². The van der Waals surface area contributed by atoms with Crippen LogP contribution in [-0.2, 0) is 4.79 Å². The second kappa shape index (κ2) is 5.82. The van der Waals surface area contributed by atoms with Gasteiger partial charge in [-0.15, -0.1) is 0 Å². The molecule has 1 aliphatic heterocycles. The highest BCUT2D eigenvalue weighted by Crippen LogP contribution is 2.31. The van der Waals surface area contributed by atoms with Gasteiger partial charge in [-0.2, -0.15) is 0 Å². The van der Waals surface area contributed by atoms with E-state index in [4.69, 9.17) is 0 Å². The molecule has 108 valence electrons. The first-order chi connectivity index (χ1) is 9.25. The van der Waals surface area contributed by atoms with Crippen LogP contribution in [-0.4, -0.2) is 35.5 Å². The van der Waals surface area contributed by atoms with Gasteiger partial charge in [0.05, 0.1) is 6.04 Å². The largest absolute Gasteiger partial charge is 0.338 e. The Bertz CT molecular complexity index is 321. The Morgan fingerprint density at radius 2 is 1.79 bits per heavy atom. The minimum Gasteiger partial charge on any atom is -0.338 e. The van der Waals surface area contributed by atoms with Gasteiger partial charge in [-0.3, -0.25) is 4.79 Å². The highest BCUT2D eigenvalue weighted by Gasteiger charge is 2.37. The Balaban J connectivity index is 1.59. The maximum atomic E-state index is 12.6. The molecule has 3 heteroatoms. The summed E-state index contributed by atoms with van der Waals surface area (Å²) < 4.78 is 0. The maximum Gasteiger partial charge on any atom is 0.239 e. The lowest BCUT2D eigenvalue weighted by Crippen LogP contribution is -2.55. The number of amides is 1. The number of piperidine rings is 1. The van der Waals surface area contributed by atoms with Crippen LogP contribution in [0.1, 0.15) is 64.7 Å². The van der Waals surface area contributed by atoms with Gasteiger partial charge < -0.3 is 10.2 Å². The van der Waals surface area contributed by atoms with Crippen molar-refractivity contribution in [2.75, 3.05) is 6.54 Å². The Morgan fingerprint density at radius 1 is 1.05 bits per heavy atom. The lowest BCUT2D eigenvalue weighted by molar-refractivity contribution is -0.139. The van der Waals surface area contributed by atoms with Crippen LogP contribution in [0.3, 0.4) is 0 Å². The number of hydrogen-bond acceptors (Lipinski definition) is 2. The molecule has 0 radical (unpaired) electrons. The number of hydrogen-bond donors (Lipinski definition) is 1. The van der Waals surface area contributed by atoms with E-state index in [0.717, 1.165) is 18.9 Å². The SMILES string of the molecule is CC(C1CCCCC1)N1CCCC(NC2CC2)C1=O. The van der Waals surface area contributed by atoms with Crippen molar-refractivity contribution in [1.82, 2.24) is 10.2 Å². The molecule has 3 fully saturated rings. The number of carbonyl (C=O) groups is 1. The molecule has 0 aromatic rings. The summed E-state index contributed by atoms with van der Waals surface area (Å²) in [5.41, 5.74) is 0. The van der Waals surface area contributed by atoms with E-state index < -0.39 is 0 Å². The van der Waals surface area contributed by atoms with Crippen LogP contribution in [0, 0.1) is 5.92 Å². The highest BCUT2D eigenvalue weighted by atomic mass is 16.2. The van der Waals surface area contributed by atoms with Crippen LogP contribution in [0.25, 0.3) is 0 Å². The molecule has 2 unspecified atom stereocenters. The predicted octanol–water partition coefficient (Wildman–Crippen LogP) is 2.70. The van der Waals surface area contributed by atoms with E-state index in [-0.39, 0.29) is 6.04 Å². The van der Waals surface area contributed by atoms with Crippen molar-refractivity contribution < 1.29 is 4.79 Å². The molecule has 2 aliphatic carbocycles. The van der Waals surface area contributed by atoms with E-state index >= 15 is 0 Å². The van der Waals surface area contributed by atoms with Gasteiger partial charge in [-0.25, -0.2) is 0 Å². The molecule has 3 nitrogen and oxygen atoms in total. The molecule has 2 saturated carbocycles. The predicted molar refractivity (Wildman–Crippen MR) is 76.9 cm³/mol. The van der Waals surface area contributed by atoms with E-state index in [1.54, 1.807) is 0 Å². The number of carbonyl (C=O) groups excluding carboxylic acids is 1. The van der Waals surface area contributed by atoms with Crippen LogP contribution < -0.4 is 5.32 Å². The van der Waals surface area contributed by atoms with E-state index in [2.05, 4.69) is 17.1 Å². The zero-order chi connectivity index (χ0) is 13.2. The number of nitrogens with zero attached hydrogens (tertiary/aromatic N) is 1. The summed E-state index contributed by atoms with van der Waals surface area (Å²) in [6.45, 7) is 3.27. The molecule has 0 aromatic carbocycles. The minimum atomic E-state index is 0.118. The van der Waals surface area contributed by atoms with Crippen molar-refractivity contribution in [3.05, 3.63) is 0 Å². The summed E-state index contributed by atoms with van der Waals surface area (Å²) in [7, 11) is 0. The van der Waals surface area contributed by atoms with Crippen molar-refractivity contribution in [3.8, 4) is 0 Å². The second-order valence-electron chi connectivity index (χ2n) is 6.81. The first-order valence-corrected chi connectivity index (χ1v) is 8.32. The third kappa shape index (κ3) is 3.13. The number of likely N-dealkylation sites (tertiary alicyclic amines) is 1. The van der Waals surface area contributed by atoms with Gasteiger partial charge in [0, 0.05) is 18.6 Å². The molecule has 0 bridgehead atoms. The summed E-state index contributed by atoms with van der Waals surface area (Å²) in [4.78, 5) is 14.8. The van der Waals surface area contributed by atoms with Crippen molar-refractivity contribution in [3.63, 3.8) is 0 Å². The van der Waals surface area contributed by atoms with Gasteiger partial charge in [0.25, 0.3) is 0 Å². The zero-order valence-electron chi connectivity index (χ0n) is 12.2. The molecule has 1 saturated heterocycles. The summed E-state index contributed by atoms with van der Waals surface area (Å²) in [6.07, 6.45) is 11.5. The fourth-order valence-corrected chi connectivity index (χ4v) is 3.86. The molecule has 3 rings (SSSR count). The summed E-state index contributed by atoms with van der Waals surface area (Å²) in [5.74, 6) is 1.13. The molecule has 1 heterocycles. The Kier molecular flexibility index (Phi) is 4.11. The van der Waals surface area contributed by atoms with Crippen molar-refractivity contribution in [2.45, 2.75) is 82.8 Å². The van der Waals surface area contributed by atoms with Crippen LogP contribution >= 0.6 is 0 Å². The van der Waals surface area contributed by atoms with E-state index in [1.165, 1.54) is 51.4 Å². The maximum absolute atomic E-state index is 12.6. The third-order valence-corrected chi connectivity index (χ3v) is 5.31. The van der Waals surface area contributed by atoms with Crippen LogP contribution in [0.4, 0.5) is 0 Å². The molecule has 1 N–H and O–H groups in total. The fraction of sp³-hybridized carbons (Fsp3) is 0.938. The highest BCUT2D eigenvalue weighted by molar-refractivity contribution is 5.83. The minimum absolute atomic E-state index is 0.118. The number of rotatable bonds is 4. The van der Waals surface area contributed by atoms with Crippen LogP contribution in [0.2, 0.25) is 0 Å². The smallest absolute Gasteiger partial charge is 0.239 e. The van der Waals surface area contributed by atoms with Crippen LogP contribution in [0.15, 0.2) is 0 Å². The monoisotopic (exact) mass is 264 g/mol. The Hall–Kier alpha value is -0.570. The third-order valence-electron chi connectivity index (χ3n) is 5.31. The zero-order valence-corrected chi connectivity index (χ0v) is 12.2. The molecule has 19 heavy (non-hydrogen) atoms. The Labute approximate surface area is 117 Å². The normalized spacial score (nSPS) is 31.5. The van der Waals surface area contributed by atoms with Crippen LogP contribution in [0.5, 0.6) is 0 Å². The lowest BCUT2D eigenvalue weighted by Gasteiger charge is -2.41. The summed E-state index contributed by atoms with van der Waals surface area (Å²) in [6, 6.07) is 1.21.